The van der Waals surface area contributed by atoms with E-state index in [2.05, 4.69) is 36.4 Å². The van der Waals surface area contributed by atoms with Crippen LogP contribution in [-0.2, 0) is 0 Å². The highest BCUT2D eigenvalue weighted by molar-refractivity contribution is 5.93. The number of anilines is 1. The molecule has 1 heterocycles. The van der Waals surface area contributed by atoms with E-state index in [1.165, 1.54) is 0 Å². The van der Waals surface area contributed by atoms with E-state index < -0.39 is 0 Å². The predicted octanol–water partition coefficient (Wildman–Crippen LogP) is 2.29. The number of pyridine rings is 1. The standard InChI is InChI=1S/C13H21N3O/c1-4-6-14-11-5-7-15-12(8-11)13(17)16-9-10(2)3/h5,7-8,10H,4,6,9H2,1-3H3,(H,14,15)(H,16,17). The van der Waals surface area contributed by atoms with E-state index in [9.17, 15) is 4.79 Å². The summed E-state index contributed by atoms with van der Waals surface area (Å²) in [5, 5.41) is 6.09. The molecule has 1 aromatic rings. The van der Waals surface area contributed by atoms with E-state index >= 15 is 0 Å². The van der Waals surface area contributed by atoms with Gasteiger partial charge in [0, 0.05) is 25.0 Å². The number of nitrogens with one attached hydrogen (secondary N) is 2. The normalized spacial score (nSPS) is 10.4. The Hall–Kier alpha value is -1.58. The van der Waals surface area contributed by atoms with E-state index in [1.807, 2.05) is 6.07 Å². The molecule has 0 fully saturated rings. The fourth-order valence-electron chi connectivity index (χ4n) is 1.32. The summed E-state index contributed by atoms with van der Waals surface area (Å²) in [6, 6.07) is 3.65. The molecular formula is C13H21N3O. The molecule has 4 heteroatoms. The molecule has 1 amide bonds. The van der Waals surface area contributed by atoms with Crippen molar-refractivity contribution in [2.45, 2.75) is 27.2 Å². The van der Waals surface area contributed by atoms with Crippen LogP contribution in [0.15, 0.2) is 18.3 Å². The number of carbonyl (C=O) groups excluding carboxylic acids is 1. The average Bonchev–Trinajstić information content (AvgIpc) is 2.33. The van der Waals surface area contributed by atoms with Crippen LogP contribution in [0, 0.1) is 5.92 Å². The Bertz CT molecular complexity index is 363. The van der Waals surface area contributed by atoms with Crippen LogP contribution in [0.4, 0.5) is 5.69 Å². The smallest absolute Gasteiger partial charge is 0.269 e. The van der Waals surface area contributed by atoms with Gasteiger partial charge in [-0.15, -0.1) is 0 Å². The Morgan fingerprint density at radius 2 is 2.24 bits per heavy atom. The number of nitrogens with zero attached hydrogens (tertiary/aromatic N) is 1. The first-order valence-electron chi connectivity index (χ1n) is 6.11. The van der Waals surface area contributed by atoms with Crippen molar-refractivity contribution in [1.29, 1.82) is 0 Å². The number of hydrogen-bond donors (Lipinski definition) is 2. The predicted molar refractivity (Wildman–Crippen MR) is 70.2 cm³/mol. The van der Waals surface area contributed by atoms with Gasteiger partial charge in [-0.2, -0.15) is 0 Å². The summed E-state index contributed by atoms with van der Waals surface area (Å²) < 4.78 is 0. The minimum Gasteiger partial charge on any atom is -0.385 e. The molecule has 1 rings (SSSR count). The van der Waals surface area contributed by atoms with Gasteiger partial charge in [0.25, 0.3) is 5.91 Å². The van der Waals surface area contributed by atoms with Crippen LogP contribution in [0.25, 0.3) is 0 Å². The van der Waals surface area contributed by atoms with Crippen molar-refractivity contribution in [3.63, 3.8) is 0 Å². The third-order valence-electron chi connectivity index (χ3n) is 2.24. The monoisotopic (exact) mass is 235 g/mol. The molecule has 0 aliphatic rings. The molecule has 0 spiro atoms. The van der Waals surface area contributed by atoms with Crippen molar-refractivity contribution >= 4 is 11.6 Å². The molecule has 0 atom stereocenters. The summed E-state index contributed by atoms with van der Waals surface area (Å²) in [5.74, 6) is 0.333. The molecule has 0 aliphatic heterocycles. The SMILES string of the molecule is CCCNc1ccnc(C(=O)NCC(C)C)c1. The van der Waals surface area contributed by atoms with Crippen molar-refractivity contribution in [2.24, 2.45) is 5.92 Å². The highest BCUT2D eigenvalue weighted by Crippen LogP contribution is 2.07. The maximum atomic E-state index is 11.8. The van der Waals surface area contributed by atoms with E-state index in [0.717, 1.165) is 18.7 Å². The van der Waals surface area contributed by atoms with Gasteiger partial charge in [0.15, 0.2) is 0 Å². The lowest BCUT2D eigenvalue weighted by Gasteiger charge is -2.09. The molecule has 4 nitrogen and oxygen atoms in total. The summed E-state index contributed by atoms with van der Waals surface area (Å²) >= 11 is 0. The van der Waals surface area contributed by atoms with Crippen molar-refractivity contribution in [1.82, 2.24) is 10.3 Å². The highest BCUT2D eigenvalue weighted by atomic mass is 16.1. The second-order valence-electron chi connectivity index (χ2n) is 4.46. The highest BCUT2D eigenvalue weighted by Gasteiger charge is 2.07. The Morgan fingerprint density at radius 1 is 1.47 bits per heavy atom. The van der Waals surface area contributed by atoms with Crippen LogP contribution >= 0.6 is 0 Å². The van der Waals surface area contributed by atoms with Gasteiger partial charge in [-0.25, -0.2) is 0 Å². The number of aromatic nitrogens is 1. The fourth-order valence-corrected chi connectivity index (χ4v) is 1.32. The zero-order valence-corrected chi connectivity index (χ0v) is 10.8. The molecule has 0 unspecified atom stereocenters. The largest absolute Gasteiger partial charge is 0.385 e. The van der Waals surface area contributed by atoms with E-state index in [-0.39, 0.29) is 5.91 Å². The zero-order chi connectivity index (χ0) is 12.7. The Balaban J connectivity index is 2.60. The van der Waals surface area contributed by atoms with Gasteiger partial charge < -0.3 is 10.6 Å². The van der Waals surface area contributed by atoms with Crippen molar-refractivity contribution in [3.8, 4) is 0 Å². The van der Waals surface area contributed by atoms with Gasteiger partial charge in [-0.05, 0) is 24.5 Å². The number of carbonyl (C=O) groups is 1. The first-order chi connectivity index (χ1) is 8.13. The first kappa shape index (κ1) is 13.5. The molecule has 0 bridgehead atoms. The second kappa shape index (κ2) is 6.89. The molecule has 0 saturated heterocycles. The lowest BCUT2D eigenvalue weighted by molar-refractivity contribution is 0.0944. The lowest BCUT2D eigenvalue weighted by Crippen LogP contribution is -2.28. The zero-order valence-electron chi connectivity index (χ0n) is 10.8. The maximum absolute atomic E-state index is 11.8. The summed E-state index contributed by atoms with van der Waals surface area (Å²) in [6.45, 7) is 7.80. The molecule has 0 aliphatic carbocycles. The maximum Gasteiger partial charge on any atom is 0.269 e. The summed E-state index contributed by atoms with van der Waals surface area (Å²) in [4.78, 5) is 15.8. The van der Waals surface area contributed by atoms with Gasteiger partial charge in [0.2, 0.25) is 0 Å². The minimum atomic E-state index is -0.112. The number of rotatable bonds is 6. The molecule has 94 valence electrons. The Labute approximate surface area is 103 Å². The lowest BCUT2D eigenvalue weighted by atomic mass is 10.2. The molecule has 1 aromatic heterocycles. The molecule has 2 N–H and O–H groups in total. The number of hydrogen-bond acceptors (Lipinski definition) is 3. The molecular weight excluding hydrogens is 214 g/mol. The van der Waals surface area contributed by atoms with Crippen molar-refractivity contribution in [3.05, 3.63) is 24.0 Å². The quantitative estimate of drug-likeness (QED) is 0.795. The molecule has 0 saturated carbocycles. The summed E-state index contributed by atoms with van der Waals surface area (Å²) in [7, 11) is 0. The van der Waals surface area contributed by atoms with Gasteiger partial charge in [0.1, 0.15) is 5.69 Å². The first-order valence-corrected chi connectivity index (χ1v) is 6.11. The van der Waals surface area contributed by atoms with Crippen LogP contribution in [-0.4, -0.2) is 24.0 Å². The van der Waals surface area contributed by atoms with Crippen LogP contribution < -0.4 is 10.6 Å². The van der Waals surface area contributed by atoms with Crippen LogP contribution in [0.2, 0.25) is 0 Å². The number of amides is 1. The molecule has 0 aromatic carbocycles. The van der Waals surface area contributed by atoms with Gasteiger partial charge in [-0.1, -0.05) is 20.8 Å². The second-order valence-corrected chi connectivity index (χ2v) is 4.46. The van der Waals surface area contributed by atoms with E-state index in [0.29, 0.717) is 18.2 Å². The minimum absolute atomic E-state index is 0.112. The van der Waals surface area contributed by atoms with E-state index in [1.54, 1.807) is 12.3 Å². The van der Waals surface area contributed by atoms with Gasteiger partial charge >= 0.3 is 0 Å². The van der Waals surface area contributed by atoms with Gasteiger partial charge in [0.05, 0.1) is 0 Å². The third-order valence-corrected chi connectivity index (χ3v) is 2.24. The van der Waals surface area contributed by atoms with Crippen molar-refractivity contribution in [2.75, 3.05) is 18.4 Å². The van der Waals surface area contributed by atoms with Gasteiger partial charge in [-0.3, -0.25) is 9.78 Å². The Morgan fingerprint density at radius 3 is 2.88 bits per heavy atom. The molecule has 17 heavy (non-hydrogen) atoms. The van der Waals surface area contributed by atoms with Crippen molar-refractivity contribution < 1.29 is 4.79 Å². The average molecular weight is 235 g/mol. The van der Waals surface area contributed by atoms with Crippen LogP contribution in [0.5, 0.6) is 0 Å². The van der Waals surface area contributed by atoms with Crippen LogP contribution in [0.3, 0.4) is 0 Å². The topological polar surface area (TPSA) is 54.0 Å². The van der Waals surface area contributed by atoms with E-state index in [4.69, 9.17) is 0 Å². The fraction of sp³-hybridized carbons (Fsp3) is 0.538. The summed E-state index contributed by atoms with van der Waals surface area (Å²) in [6.07, 6.45) is 2.71. The molecule has 0 radical (unpaired) electrons. The Kier molecular flexibility index (Phi) is 5.46. The third kappa shape index (κ3) is 4.85. The summed E-state index contributed by atoms with van der Waals surface area (Å²) in [5.41, 5.74) is 1.41. The van der Waals surface area contributed by atoms with Crippen LogP contribution in [0.1, 0.15) is 37.7 Å².